The summed E-state index contributed by atoms with van der Waals surface area (Å²) in [5.41, 5.74) is 8.05. The van der Waals surface area contributed by atoms with Crippen molar-refractivity contribution >= 4 is 29.1 Å². The summed E-state index contributed by atoms with van der Waals surface area (Å²) in [6.45, 7) is 0. The molecule has 0 aromatic carbocycles. The molecule has 1 rings (SSSR count). The van der Waals surface area contributed by atoms with E-state index in [2.05, 4.69) is 15.0 Å². The lowest BCUT2D eigenvalue weighted by Gasteiger charge is -1.98. The zero-order valence-electron chi connectivity index (χ0n) is 6.11. The molecule has 1 amide bonds. The van der Waals surface area contributed by atoms with Crippen molar-refractivity contribution < 1.29 is 4.79 Å². The Morgan fingerprint density at radius 3 is 2.92 bits per heavy atom. The Balaban J connectivity index is 3.22. The molecule has 0 saturated heterocycles. The van der Waals surface area contributed by atoms with E-state index in [0.29, 0.717) is 0 Å². The first-order chi connectivity index (χ1) is 6.16. The Hall–Kier alpha value is -1.29. The number of amides is 1. The molecule has 13 heavy (non-hydrogen) atoms. The summed E-state index contributed by atoms with van der Waals surface area (Å²) in [4.78, 5) is 17.0. The van der Waals surface area contributed by atoms with Crippen LogP contribution in [0.25, 0.3) is 10.4 Å². The number of carbonyl (C=O) groups is 1. The van der Waals surface area contributed by atoms with Gasteiger partial charge in [-0.05, 0) is 16.7 Å². The van der Waals surface area contributed by atoms with Crippen LogP contribution in [0.5, 0.6) is 0 Å². The fraction of sp³-hybridized carbons (Fsp3) is 0. The van der Waals surface area contributed by atoms with Crippen LogP contribution in [0.3, 0.4) is 0 Å². The molecule has 0 saturated carbocycles. The van der Waals surface area contributed by atoms with Gasteiger partial charge in [0.15, 0.2) is 0 Å². The molecule has 0 atom stereocenters. The molecule has 0 bridgehead atoms. The number of hydrogen-bond donors (Lipinski definition) is 0. The van der Waals surface area contributed by atoms with E-state index in [1.807, 2.05) is 0 Å². The molecule has 7 heteroatoms. The molecular formula is C6H2Cl2N4O. The van der Waals surface area contributed by atoms with E-state index in [0.717, 1.165) is 0 Å². The molecule has 66 valence electrons. The SMILES string of the molecule is [N-]=[N+]=NC(=O)c1ccnc(Cl)c1Cl. The van der Waals surface area contributed by atoms with E-state index in [-0.39, 0.29) is 15.7 Å². The number of pyridine rings is 1. The number of hydrogen-bond acceptors (Lipinski definition) is 2. The highest BCUT2D eigenvalue weighted by Gasteiger charge is 2.11. The van der Waals surface area contributed by atoms with Crippen LogP contribution in [0.1, 0.15) is 10.4 Å². The molecule has 0 radical (unpaired) electrons. The van der Waals surface area contributed by atoms with Gasteiger partial charge < -0.3 is 0 Å². The van der Waals surface area contributed by atoms with Gasteiger partial charge in [-0.15, -0.1) is 0 Å². The van der Waals surface area contributed by atoms with Gasteiger partial charge in [0.05, 0.1) is 5.02 Å². The predicted octanol–water partition coefficient (Wildman–Crippen LogP) is 2.84. The second-order valence-corrected chi connectivity index (χ2v) is 2.69. The van der Waals surface area contributed by atoms with Crippen molar-refractivity contribution in [3.63, 3.8) is 0 Å². The number of nitrogens with zero attached hydrogens (tertiary/aromatic N) is 4. The first-order valence-corrected chi connectivity index (χ1v) is 3.82. The molecule has 1 aromatic heterocycles. The highest BCUT2D eigenvalue weighted by molar-refractivity contribution is 6.43. The predicted molar refractivity (Wildman–Crippen MR) is 47.7 cm³/mol. The maximum Gasteiger partial charge on any atom is 0.250 e. The van der Waals surface area contributed by atoms with Crippen LogP contribution in [-0.2, 0) is 0 Å². The van der Waals surface area contributed by atoms with E-state index in [9.17, 15) is 4.79 Å². The van der Waals surface area contributed by atoms with Crippen LogP contribution in [-0.4, -0.2) is 10.9 Å². The van der Waals surface area contributed by atoms with E-state index in [4.69, 9.17) is 28.7 Å². The van der Waals surface area contributed by atoms with Crippen molar-refractivity contribution in [3.05, 3.63) is 38.4 Å². The summed E-state index contributed by atoms with van der Waals surface area (Å²) in [5, 5.41) is 2.86. The average Bonchev–Trinajstić information content (AvgIpc) is 2.10. The summed E-state index contributed by atoms with van der Waals surface area (Å²) in [6.07, 6.45) is 1.30. The number of rotatable bonds is 1. The molecular weight excluding hydrogens is 215 g/mol. The van der Waals surface area contributed by atoms with Crippen LogP contribution in [0.15, 0.2) is 17.4 Å². The third-order valence-corrected chi connectivity index (χ3v) is 1.98. The first kappa shape index (κ1) is 9.80. The van der Waals surface area contributed by atoms with Crippen molar-refractivity contribution in [2.75, 3.05) is 0 Å². The van der Waals surface area contributed by atoms with Gasteiger partial charge in [-0.2, -0.15) is 0 Å². The zero-order valence-corrected chi connectivity index (χ0v) is 7.62. The average molecular weight is 217 g/mol. The van der Waals surface area contributed by atoms with Crippen LogP contribution in [0.4, 0.5) is 0 Å². The summed E-state index contributed by atoms with van der Waals surface area (Å²) in [5.74, 6) is -0.781. The topological polar surface area (TPSA) is 78.7 Å². The Kier molecular flexibility index (Phi) is 3.08. The highest BCUT2D eigenvalue weighted by Crippen LogP contribution is 2.23. The molecule has 0 unspecified atom stereocenters. The smallest absolute Gasteiger partial charge is 0.250 e. The van der Waals surface area contributed by atoms with Gasteiger partial charge in [0.2, 0.25) is 0 Å². The van der Waals surface area contributed by atoms with Gasteiger partial charge in [-0.1, -0.05) is 23.2 Å². The summed E-state index contributed by atoms with van der Waals surface area (Å²) in [6, 6.07) is 1.32. The van der Waals surface area contributed by atoms with Gasteiger partial charge in [0.1, 0.15) is 5.15 Å². The van der Waals surface area contributed by atoms with Crippen molar-refractivity contribution in [1.82, 2.24) is 4.98 Å². The van der Waals surface area contributed by atoms with Crippen molar-refractivity contribution in [2.45, 2.75) is 0 Å². The van der Waals surface area contributed by atoms with Gasteiger partial charge in [-0.3, -0.25) is 4.79 Å². The van der Waals surface area contributed by atoms with Gasteiger partial charge >= 0.3 is 0 Å². The quantitative estimate of drug-likeness (QED) is 0.313. The molecule has 0 aliphatic carbocycles. The zero-order chi connectivity index (χ0) is 9.84. The van der Waals surface area contributed by atoms with Gasteiger partial charge in [-0.25, -0.2) is 4.98 Å². The minimum atomic E-state index is -0.781. The minimum Gasteiger partial charge on any atom is -0.287 e. The number of halogens is 2. The molecule has 0 fully saturated rings. The molecule has 0 aliphatic rings. The van der Waals surface area contributed by atoms with E-state index < -0.39 is 5.91 Å². The van der Waals surface area contributed by atoms with E-state index in [1.54, 1.807) is 0 Å². The lowest BCUT2D eigenvalue weighted by Crippen LogP contribution is -1.95. The maximum atomic E-state index is 11.0. The van der Waals surface area contributed by atoms with Crippen LogP contribution < -0.4 is 0 Å². The Morgan fingerprint density at radius 1 is 1.62 bits per heavy atom. The molecule has 5 nitrogen and oxygen atoms in total. The summed E-state index contributed by atoms with van der Waals surface area (Å²) < 4.78 is 0. The minimum absolute atomic E-state index is 0.000608. The second kappa shape index (κ2) is 4.09. The Labute approximate surface area is 82.9 Å². The molecule has 1 aromatic rings. The largest absolute Gasteiger partial charge is 0.287 e. The molecule has 0 N–H and O–H groups in total. The number of aromatic nitrogens is 1. The standard InChI is InChI=1S/C6H2Cl2N4O/c7-4-3(6(13)11-12-9)1-2-10-5(4)8/h1-2H. The highest BCUT2D eigenvalue weighted by atomic mass is 35.5. The Bertz CT molecular complexity index is 400. The van der Waals surface area contributed by atoms with Crippen molar-refractivity contribution in [1.29, 1.82) is 0 Å². The fourth-order valence-corrected chi connectivity index (χ4v) is 1.03. The number of azide groups is 1. The van der Waals surface area contributed by atoms with E-state index in [1.165, 1.54) is 12.3 Å². The van der Waals surface area contributed by atoms with Gasteiger partial charge in [0, 0.05) is 16.7 Å². The second-order valence-electron chi connectivity index (χ2n) is 1.96. The Morgan fingerprint density at radius 2 is 2.31 bits per heavy atom. The third-order valence-electron chi connectivity index (χ3n) is 1.21. The first-order valence-electron chi connectivity index (χ1n) is 3.06. The normalized spacial score (nSPS) is 9.08. The van der Waals surface area contributed by atoms with Crippen LogP contribution >= 0.6 is 23.2 Å². The summed E-state index contributed by atoms with van der Waals surface area (Å²) >= 11 is 11.2. The molecule has 1 heterocycles. The van der Waals surface area contributed by atoms with Crippen LogP contribution in [0.2, 0.25) is 10.2 Å². The molecule has 0 spiro atoms. The number of carbonyl (C=O) groups excluding carboxylic acids is 1. The monoisotopic (exact) mass is 216 g/mol. The third kappa shape index (κ3) is 2.09. The van der Waals surface area contributed by atoms with Crippen LogP contribution in [0, 0.1) is 0 Å². The molecule has 0 aliphatic heterocycles. The van der Waals surface area contributed by atoms with Crippen molar-refractivity contribution in [2.24, 2.45) is 5.11 Å². The maximum absolute atomic E-state index is 11.0. The van der Waals surface area contributed by atoms with Crippen molar-refractivity contribution in [3.8, 4) is 0 Å². The summed E-state index contributed by atoms with van der Waals surface area (Å²) in [7, 11) is 0. The lowest BCUT2D eigenvalue weighted by atomic mass is 10.2. The van der Waals surface area contributed by atoms with E-state index >= 15 is 0 Å². The lowest BCUT2D eigenvalue weighted by molar-refractivity contribution is 0.100. The van der Waals surface area contributed by atoms with Gasteiger partial charge in [0.25, 0.3) is 5.91 Å². The fourth-order valence-electron chi connectivity index (χ4n) is 0.678.